The summed E-state index contributed by atoms with van der Waals surface area (Å²) in [6, 6.07) is 4.57. The Bertz CT molecular complexity index is 662. The lowest BCUT2D eigenvalue weighted by molar-refractivity contribution is 0.0825. The van der Waals surface area contributed by atoms with Crippen LogP contribution in [0.4, 0.5) is 0 Å². The van der Waals surface area contributed by atoms with Gasteiger partial charge < -0.3 is 9.52 Å². The molecule has 1 saturated carbocycles. The molecule has 0 aliphatic heterocycles. The molecule has 0 bridgehead atoms. The first-order chi connectivity index (χ1) is 10.5. The molecule has 4 nitrogen and oxygen atoms in total. The maximum Gasteiger partial charge on any atom is 0.198 e. The molecule has 0 radical (unpaired) electrons. The van der Waals surface area contributed by atoms with E-state index in [1.165, 1.54) is 5.56 Å². The lowest BCUT2D eigenvalue weighted by atomic mass is 10.1. The molecular formula is C18H26N2O2. The largest absolute Gasteiger partial charge is 0.440 e. The van der Waals surface area contributed by atoms with Gasteiger partial charge in [-0.25, -0.2) is 4.98 Å². The first-order valence-corrected chi connectivity index (χ1v) is 8.24. The minimum Gasteiger partial charge on any atom is -0.440 e. The van der Waals surface area contributed by atoms with E-state index in [4.69, 9.17) is 4.42 Å². The van der Waals surface area contributed by atoms with Crippen molar-refractivity contribution in [2.45, 2.75) is 64.6 Å². The number of aliphatic hydroxyl groups is 1. The van der Waals surface area contributed by atoms with Crippen molar-refractivity contribution >= 4 is 11.1 Å². The number of aromatic nitrogens is 1. The van der Waals surface area contributed by atoms with Crippen molar-refractivity contribution in [3.05, 3.63) is 29.2 Å². The number of aliphatic hydroxyl groups excluding tert-OH is 1. The summed E-state index contributed by atoms with van der Waals surface area (Å²) in [5.41, 5.74) is 4.21. The summed E-state index contributed by atoms with van der Waals surface area (Å²) in [6.45, 7) is 7.10. The average Bonchev–Trinajstić information content (AvgIpc) is 3.04. The zero-order valence-corrected chi connectivity index (χ0v) is 14.0. The second-order valence-corrected chi connectivity index (χ2v) is 6.95. The minimum atomic E-state index is -0.186. The second kappa shape index (κ2) is 6.01. The number of rotatable bonds is 4. The molecule has 0 saturated heterocycles. The van der Waals surface area contributed by atoms with E-state index in [0.29, 0.717) is 5.92 Å². The van der Waals surface area contributed by atoms with E-state index < -0.39 is 0 Å². The third-order valence-corrected chi connectivity index (χ3v) is 4.69. The number of aryl methyl sites for hydroxylation is 1. The SMILES string of the molecule is Cc1cc(CN(C)[C@@H]2CCC[C@H]2O)cc2nc(C(C)C)oc12. The molecule has 2 atom stereocenters. The number of hydrogen-bond acceptors (Lipinski definition) is 4. The summed E-state index contributed by atoms with van der Waals surface area (Å²) in [6.07, 6.45) is 2.94. The van der Waals surface area contributed by atoms with Gasteiger partial charge in [0.2, 0.25) is 0 Å². The standard InChI is InChI=1S/C18H26N2O2/c1-11(2)18-19-14-9-13(8-12(3)17(14)22-18)10-20(4)15-6-5-7-16(15)21/h8-9,11,15-16,21H,5-7,10H2,1-4H3/t15-,16-/m1/s1. The second-order valence-electron chi connectivity index (χ2n) is 6.95. The van der Waals surface area contributed by atoms with Crippen molar-refractivity contribution in [3.63, 3.8) is 0 Å². The highest BCUT2D eigenvalue weighted by molar-refractivity contribution is 5.77. The van der Waals surface area contributed by atoms with Gasteiger partial charge in [0, 0.05) is 18.5 Å². The summed E-state index contributed by atoms with van der Waals surface area (Å²) in [5, 5.41) is 10.1. The molecule has 2 aromatic rings. The predicted octanol–water partition coefficient (Wildman–Crippen LogP) is 3.60. The van der Waals surface area contributed by atoms with Gasteiger partial charge in [0.15, 0.2) is 11.5 Å². The molecule has 1 aromatic carbocycles. The Balaban J connectivity index is 1.84. The normalized spacial score (nSPS) is 22.3. The number of likely N-dealkylation sites (N-methyl/N-ethyl adjacent to an activating group) is 1. The van der Waals surface area contributed by atoms with Gasteiger partial charge in [-0.1, -0.05) is 19.9 Å². The maximum atomic E-state index is 10.1. The quantitative estimate of drug-likeness (QED) is 0.937. The highest BCUT2D eigenvalue weighted by Crippen LogP contribution is 2.28. The van der Waals surface area contributed by atoms with Crippen LogP contribution in [-0.2, 0) is 6.54 Å². The minimum absolute atomic E-state index is 0.186. The highest BCUT2D eigenvalue weighted by Gasteiger charge is 2.28. The van der Waals surface area contributed by atoms with Crippen molar-refractivity contribution in [3.8, 4) is 0 Å². The molecule has 1 heterocycles. The molecule has 22 heavy (non-hydrogen) atoms. The van der Waals surface area contributed by atoms with E-state index in [1.807, 2.05) is 0 Å². The maximum absolute atomic E-state index is 10.1. The first-order valence-electron chi connectivity index (χ1n) is 8.24. The van der Waals surface area contributed by atoms with E-state index >= 15 is 0 Å². The number of oxazole rings is 1. The van der Waals surface area contributed by atoms with Crippen LogP contribution in [-0.4, -0.2) is 34.2 Å². The van der Waals surface area contributed by atoms with Gasteiger partial charge in [-0.2, -0.15) is 0 Å². The number of hydrogen-bond donors (Lipinski definition) is 1. The Morgan fingerprint density at radius 2 is 2.14 bits per heavy atom. The zero-order chi connectivity index (χ0) is 15.9. The molecule has 3 rings (SSSR count). The molecule has 1 aromatic heterocycles. The number of fused-ring (bicyclic) bond motifs is 1. The van der Waals surface area contributed by atoms with Crippen LogP contribution >= 0.6 is 0 Å². The summed E-state index contributed by atoms with van der Waals surface area (Å²) in [4.78, 5) is 6.88. The number of nitrogens with zero attached hydrogens (tertiary/aromatic N) is 2. The van der Waals surface area contributed by atoms with Gasteiger partial charge in [0.05, 0.1) is 6.10 Å². The van der Waals surface area contributed by atoms with Crippen LogP contribution in [0.5, 0.6) is 0 Å². The molecule has 0 spiro atoms. The van der Waals surface area contributed by atoms with E-state index in [-0.39, 0.29) is 12.1 Å². The van der Waals surface area contributed by atoms with Crippen molar-refractivity contribution < 1.29 is 9.52 Å². The highest BCUT2D eigenvalue weighted by atomic mass is 16.3. The van der Waals surface area contributed by atoms with Gasteiger partial charge in [0.1, 0.15) is 5.52 Å². The lowest BCUT2D eigenvalue weighted by Gasteiger charge is -2.27. The van der Waals surface area contributed by atoms with Crippen molar-refractivity contribution in [1.29, 1.82) is 0 Å². The average molecular weight is 302 g/mol. The Morgan fingerprint density at radius 3 is 2.77 bits per heavy atom. The van der Waals surface area contributed by atoms with Gasteiger partial charge in [-0.3, -0.25) is 4.90 Å². The number of benzene rings is 1. The van der Waals surface area contributed by atoms with Crippen molar-refractivity contribution in [1.82, 2.24) is 9.88 Å². The van der Waals surface area contributed by atoms with Crippen LogP contribution < -0.4 is 0 Å². The smallest absolute Gasteiger partial charge is 0.198 e. The topological polar surface area (TPSA) is 49.5 Å². The molecule has 4 heteroatoms. The van der Waals surface area contributed by atoms with E-state index in [9.17, 15) is 5.11 Å². The predicted molar refractivity (Wildman–Crippen MR) is 87.9 cm³/mol. The van der Waals surface area contributed by atoms with Crippen LogP contribution in [0.25, 0.3) is 11.1 Å². The summed E-state index contributed by atoms with van der Waals surface area (Å²) in [7, 11) is 2.10. The molecule has 1 fully saturated rings. The van der Waals surface area contributed by atoms with Crippen molar-refractivity contribution in [2.75, 3.05) is 7.05 Å². The fourth-order valence-electron chi connectivity index (χ4n) is 3.47. The Kier molecular flexibility index (Phi) is 4.24. The third-order valence-electron chi connectivity index (χ3n) is 4.69. The van der Waals surface area contributed by atoms with Crippen LogP contribution in [0.2, 0.25) is 0 Å². The Labute approximate surface area is 132 Å². The molecule has 120 valence electrons. The summed E-state index contributed by atoms with van der Waals surface area (Å²) in [5.74, 6) is 1.10. The Hall–Kier alpha value is -1.39. The third kappa shape index (κ3) is 2.90. The first kappa shape index (κ1) is 15.5. The van der Waals surface area contributed by atoms with Crippen LogP contribution in [0.3, 0.4) is 0 Å². The lowest BCUT2D eigenvalue weighted by Crippen LogP contribution is -2.36. The van der Waals surface area contributed by atoms with Crippen LogP contribution in [0, 0.1) is 6.92 Å². The van der Waals surface area contributed by atoms with Gasteiger partial charge in [-0.05, 0) is 50.4 Å². The molecule has 1 aliphatic carbocycles. The fraction of sp³-hybridized carbons (Fsp3) is 0.611. The zero-order valence-electron chi connectivity index (χ0n) is 14.0. The van der Waals surface area contributed by atoms with Crippen LogP contribution in [0.15, 0.2) is 16.5 Å². The molecule has 0 amide bonds. The molecular weight excluding hydrogens is 276 g/mol. The van der Waals surface area contributed by atoms with E-state index in [2.05, 4.69) is 49.8 Å². The van der Waals surface area contributed by atoms with Gasteiger partial charge >= 0.3 is 0 Å². The summed E-state index contributed by atoms with van der Waals surface area (Å²) >= 11 is 0. The van der Waals surface area contributed by atoms with Gasteiger partial charge in [-0.15, -0.1) is 0 Å². The van der Waals surface area contributed by atoms with Crippen LogP contribution in [0.1, 0.15) is 56.0 Å². The van der Waals surface area contributed by atoms with Crippen molar-refractivity contribution in [2.24, 2.45) is 0 Å². The molecule has 1 aliphatic rings. The molecule has 0 unspecified atom stereocenters. The van der Waals surface area contributed by atoms with E-state index in [0.717, 1.165) is 48.4 Å². The fourth-order valence-corrected chi connectivity index (χ4v) is 3.47. The summed E-state index contributed by atoms with van der Waals surface area (Å²) < 4.78 is 5.87. The monoisotopic (exact) mass is 302 g/mol. The Morgan fingerprint density at radius 1 is 1.36 bits per heavy atom. The van der Waals surface area contributed by atoms with Gasteiger partial charge in [0.25, 0.3) is 0 Å². The van der Waals surface area contributed by atoms with E-state index in [1.54, 1.807) is 0 Å². The molecule has 1 N–H and O–H groups in total.